The molecule has 158 valence electrons. The molecule has 0 saturated carbocycles. The second-order valence-corrected chi connectivity index (χ2v) is 6.60. The fourth-order valence-electron chi connectivity index (χ4n) is 3.23. The van der Waals surface area contributed by atoms with E-state index in [2.05, 4.69) is 15.3 Å². The lowest BCUT2D eigenvalue weighted by Gasteiger charge is -2.18. The van der Waals surface area contributed by atoms with Gasteiger partial charge in [0.05, 0.1) is 4.92 Å². The number of alkyl halides is 3. The monoisotopic (exact) mass is 421 g/mol. The number of halogens is 3. The Morgan fingerprint density at radius 1 is 1.20 bits per heavy atom. The lowest BCUT2D eigenvalue weighted by Crippen LogP contribution is -2.24. The molecule has 0 fully saturated rings. The van der Waals surface area contributed by atoms with Gasteiger partial charge in [0.2, 0.25) is 5.95 Å². The number of anilines is 2. The molecule has 0 spiro atoms. The Morgan fingerprint density at radius 3 is 2.50 bits per heavy atom. The van der Waals surface area contributed by atoms with Gasteiger partial charge >= 0.3 is 6.18 Å². The Bertz CT molecular complexity index is 1160. The van der Waals surface area contributed by atoms with Crippen LogP contribution in [-0.2, 0) is 6.18 Å². The van der Waals surface area contributed by atoms with Crippen molar-refractivity contribution >= 4 is 28.4 Å². The minimum atomic E-state index is -4.86. The van der Waals surface area contributed by atoms with Crippen LogP contribution in [0.15, 0.2) is 41.3 Å². The molecule has 0 amide bonds. The summed E-state index contributed by atoms with van der Waals surface area (Å²) in [6.45, 7) is 3.89. The third kappa shape index (κ3) is 4.09. The summed E-state index contributed by atoms with van der Waals surface area (Å²) in [6.07, 6.45) is -1.98. The Labute approximate surface area is 168 Å². The number of hydrogen-bond donors (Lipinski definition) is 1. The standard InChI is InChI=1S/C19H18F3N5O3/c1-3-13(4-2)26-16(28)8-5-11-10-23-18(25-17(11)26)24-12-6-7-14(19(20,21)22)15(9-12)27(29)30/h5-10,13H,3-4H2,1-2H3,(H,23,24,25). The smallest absolute Gasteiger partial charge is 0.324 e. The molecule has 1 N–H and O–H groups in total. The minimum absolute atomic E-state index is 0.00172. The zero-order chi connectivity index (χ0) is 22.1. The summed E-state index contributed by atoms with van der Waals surface area (Å²) in [5.74, 6) is 0.00172. The predicted molar refractivity (Wildman–Crippen MR) is 105 cm³/mol. The molecular weight excluding hydrogens is 403 g/mol. The van der Waals surface area contributed by atoms with Gasteiger partial charge in [-0.2, -0.15) is 18.2 Å². The number of nitrogens with zero attached hydrogens (tertiary/aromatic N) is 4. The van der Waals surface area contributed by atoms with Gasteiger partial charge < -0.3 is 5.32 Å². The molecule has 0 saturated heterocycles. The van der Waals surface area contributed by atoms with Crippen molar-refractivity contribution in [2.75, 3.05) is 5.32 Å². The van der Waals surface area contributed by atoms with Crippen molar-refractivity contribution in [1.29, 1.82) is 0 Å². The molecule has 3 rings (SSSR count). The van der Waals surface area contributed by atoms with Crippen LogP contribution in [0.25, 0.3) is 11.0 Å². The fraction of sp³-hybridized carbons (Fsp3) is 0.316. The lowest BCUT2D eigenvalue weighted by atomic mass is 10.1. The van der Waals surface area contributed by atoms with Gasteiger partial charge in [-0.1, -0.05) is 13.8 Å². The quantitative estimate of drug-likeness (QED) is 0.452. The van der Waals surface area contributed by atoms with Crippen LogP contribution in [-0.4, -0.2) is 19.5 Å². The first-order valence-corrected chi connectivity index (χ1v) is 9.16. The summed E-state index contributed by atoms with van der Waals surface area (Å²) in [7, 11) is 0. The topological polar surface area (TPSA) is 103 Å². The van der Waals surface area contributed by atoms with Crippen LogP contribution in [0.1, 0.15) is 38.3 Å². The van der Waals surface area contributed by atoms with Crippen LogP contribution in [0.5, 0.6) is 0 Å². The van der Waals surface area contributed by atoms with Gasteiger partial charge in [0.1, 0.15) is 11.2 Å². The summed E-state index contributed by atoms with van der Waals surface area (Å²) in [5.41, 5.74) is -2.27. The van der Waals surface area contributed by atoms with Crippen molar-refractivity contribution in [3.63, 3.8) is 0 Å². The molecule has 8 nitrogen and oxygen atoms in total. The number of benzene rings is 1. The van der Waals surface area contributed by atoms with Crippen LogP contribution in [0, 0.1) is 10.1 Å². The van der Waals surface area contributed by atoms with E-state index in [1.54, 1.807) is 10.6 Å². The average Bonchev–Trinajstić information content (AvgIpc) is 2.69. The lowest BCUT2D eigenvalue weighted by molar-refractivity contribution is -0.388. The van der Waals surface area contributed by atoms with Crippen LogP contribution in [0.2, 0.25) is 0 Å². The highest BCUT2D eigenvalue weighted by atomic mass is 19.4. The SMILES string of the molecule is CCC(CC)n1c(=O)ccc2cnc(Nc3ccc(C(F)(F)F)c([N+](=O)[O-])c3)nc21. The van der Waals surface area contributed by atoms with Crippen LogP contribution >= 0.6 is 0 Å². The fourth-order valence-corrected chi connectivity index (χ4v) is 3.23. The van der Waals surface area contributed by atoms with Crippen molar-refractivity contribution in [3.05, 3.63) is 62.6 Å². The van der Waals surface area contributed by atoms with Gasteiger partial charge in [0.25, 0.3) is 11.2 Å². The van der Waals surface area contributed by atoms with Crippen molar-refractivity contribution in [3.8, 4) is 0 Å². The molecule has 0 radical (unpaired) electrons. The number of rotatable bonds is 6. The van der Waals surface area contributed by atoms with Gasteiger partial charge in [-0.15, -0.1) is 0 Å². The third-order valence-corrected chi connectivity index (χ3v) is 4.73. The molecule has 2 aromatic heterocycles. The molecule has 0 aliphatic heterocycles. The number of nitro benzene ring substituents is 1. The summed E-state index contributed by atoms with van der Waals surface area (Å²) in [5, 5.41) is 14.4. The second-order valence-electron chi connectivity index (χ2n) is 6.60. The van der Waals surface area contributed by atoms with E-state index in [0.29, 0.717) is 29.9 Å². The van der Waals surface area contributed by atoms with E-state index in [-0.39, 0.29) is 23.2 Å². The molecule has 0 unspecified atom stereocenters. The minimum Gasteiger partial charge on any atom is -0.324 e. The van der Waals surface area contributed by atoms with Crippen LogP contribution in [0.3, 0.4) is 0 Å². The summed E-state index contributed by atoms with van der Waals surface area (Å²) in [4.78, 5) is 30.8. The summed E-state index contributed by atoms with van der Waals surface area (Å²) in [6, 6.07) is 5.38. The third-order valence-electron chi connectivity index (χ3n) is 4.73. The predicted octanol–water partition coefficient (Wildman–Crippen LogP) is 4.82. The molecule has 3 aromatic rings. The number of nitro groups is 1. The van der Waals surface area contributed by atoms with E-state index in [0.717, 1.165) is 12.1 Å². The second kappa shape index (κ2) is 8.09. The van der Waals surface area contributed by atoms with Crippen molar-refractivity contribution in [2.45, 2.75) is 38.9 Å². The van der Waals surface area contributed by atoms with Gasteiger partial charge in [0, 0.05) is 35.4 Å². The summed E-state index contributed by atoms with van der Waals surface area (Å²) >= 11 is 0. The zero-order valence-electron chi connectivity index (χ0n) is 16.1. The molecular formula is C19H18F3N5O3. The Kier molecular flexibility index (Phi) is 5.72. The highest BCUT2D eigenvalue weighted by Crippen LogP contribution is 2.37. The van der Waals surface area contributed by atoms with E-state index in [9.17, 15) is 28.1 Å². The first-order valence-electron chi connectivity index (χ1n) is 9.16. The van der Waals surface area contributed by atoms with E-state index < -0.39 is 22.4 Å². The van der Waals surface area contributed by atoms with E-state index >= 15 is 0 Å². The maximum atomic E-state index is 13.0. The van der Waals surface area contributed by atoms with Crippen LogP contribution < -0.4 is 10.9 Å². The number of pyridine rings is 1. The molecule has 2 heterocycles. The Balaban J connectivity index is 2.06. The van der Waals surface area contributed by atoms with Gasteiger partial charge in [0.15, 0.2) is 0 Å². The van der Waals surface area contributed by atoms with Crippen molar-refractivity contribution < 1.29 is 18.1 Å². The number of nitrogens with one attached hydrogen (secondary N) is 1. The first kappa shape index (κ1) is 21.2. The number of aromatic nitrogens is 3. The molecule has 30 heavy (non-hydrogen) atoms. The molecule has 0 aliphatic carbocycles. The molecule has 11 heteroatoms. The van der Waals surface area contributed by atoms with E-state index in [1.807, 2.05) is 13.8 Å². The van der Waals surface area contributed by atoms with E-state index in [1.165, 1.54) is 12.3 Å². The van der Waals surface area contributed by atoms with Crippen molar-refractivity contribution in [1.82, 2.24) is 14.5 Å². The van der Waals surface area contributed by atoms with Gasteiger partial charge in [-0.3, -0.25) is 19.5 Å². The average molecular weight is 421 g/mol. The number of fused-ring (bicyclic) bond motifs is 1. The maximum Gasteiger partial charge on any atom is 0.423 e. The normalized spacial score (nSPS) is 11.8. The highest BCUT2D eigenvalue weighted by Gasteiger charge is 2.38. The Morgan fingerprint density at radius 2 is 1.90 bits per heavy atom. The largest absolute Gasteiger partial charge is 0.423 e. The van der Waals surface area contributed by atoms with Crippen LogP contribution in [0.4, 0.5) is 30.5 Å². The highest BCUT2D eigenvalue weighted by molar-refractivity contribution is 5.76. The summed E-state index contributed by atoms with van der Waals surface area (Å²) < 4.78 is 40.5. The number of hydrogen-bond acceptors (Lipinski definition) is 6. The van der Waals surface area contributed by atoms with E-state index in [4.69, 9.17) is 0 Å². The molecule has 0 bridgehead atoms. The molecule has 0 atom stereocenters. The zero-order valence-corrected chi connectivity index (χ0v) is 16.1. The van der Waals surface area contributed by atoms with Gasteiger partial charge in [-0.05, 0) is 31.0 Å². The Hall–Kier alpha value is -3.50. The molecule has 1 aromatic carbocycles. The van der Waals surface area contributed by atoms with Crippen molar-refractivity contribution in [2.24, 2.45) is 0 Å². The molecule has 0 aliphatic rings. The maximum absolute atomic E-state index is 13.0. The van der Waals surface area contributed by atoms with Gasteiger partial charge in [-0.25, -0.2) is 4.98 Å². The first-order chi connectivity index (χ1) is 14.2.